The van der Waals surface area contributed by atoms with Crippen LogP contribution in [0.2, 0.25) is 0 Å². The van der Waals surface area contributed by atoms with Crippen molar-refractivity contribution in [2.24, 2.45) is 0 Å². The van der Waals surface area contributed by atoms with Crippen molar-refractivity contribution in [2.75, 3.05) is 12.9 Å². The minimum absolute atomic E-state index is 0.0207. The highest BCUT2D eigenvalue weighted by molar-refractivity contribution is 7.92. The van der Waals surface area contributed by atoms with Gasteiger partial charge in [0.25, 0.3) is 0 Å². The molecule has 0 aliphatic heterocycles. The third-order valence-electron chi connectivity index (χ3n) is 2.36. The Hall–Kier alpha value is -1.11. The summed E-state index contributed by atoms with van der Waals surface area (Å²) in [5, 5.41) is 1.77. The average molecular weight is 279 g/mol. The van der Waals surface area contributed by atoms with Crippen LogP contribution in [0.4, 0.5) is 0 Å². The number of nitrogens with one attached hydrogen (secondary N) is 1. The van der Waals surface area contributed by atoms with E-state index in [0.29, 0.717) is 0 Å². The molecule has 6 nitrogen and oxygen atoms in total. The minimum atomic E-state index is -3.46. The number of sulfone groups is 1. The molecule has 0 fully saturated rings. The molecule has 7 heteroatoms. The SMILES string of the molecule is COC(=O)CC(C)S(=O)(=O)CCC(=O)NC(C)C. The van der Waals surface area contributed by atoms with E-state index in [0.717, 1.165) is 0 Å². The molecule has 0 aromatic carbocycles. The van der Waals surface area contributed by atoms with Crippen molar-refractivity contribution >= 4 is 21.7 Å². The van der Waals surface area contributed by atoms with Gasteiger partial charge in [0, 0.05) is 12.5 Å². The lowest BCUT2D eigenvalue weighted by atomic mass is 10.3. The Morgan fingerprint density at radius 1 is 1.22 bits per heavy atom. The summed E-state index contributed by atoms with van der Waals surface area (Å²) in [6.45, 7) is 5.03. The van der Waals surface area contributed by atoms with Crippen molar-refractivity contribution in [1.82, 2.24) is 5.32 Å². The molecule has 1 N–H and O–H groups in total. The standard InChI is InChI=1S/C11H21NO5S/c1-8(2)12-10(13)5-6-18(15,16)9(3)7-11(14)17-4/h8-9H,5-7H2,1-4H3,(H,12,13). The van der Waals surface area contributed by atoms with Crippen LogP contribution in [0, 0.1) is 0 Å². The molecule has 0 aliphatic rings. The van der Waals surface area contributed by atoms with E-state index in [1.54, 1.807) is 13.8 Å². The summed E-state index contributed by atoms with van der Waals surface area (Å²) >= 11 is 0. The number of methoxy groups -OCH3 is 1. The lowest BCUT2D eigenvalue weighted by Crippen LogP contribution is -2.33. The summed E-state index contributed by atoms with van der Waals surface area (Å²) in [5.74, 6) is -1.14. The van der Waals surface area contributed by atoms with Crippen molar-refractivity contribution in [3.63, 3.8) is 0 Å². The predicted octanol–water partition coefficient (Wildman–Crippen LogP) is 0.268. The molecule has 0 rings (SSSR count). The van der Waals surface area contributed by atoms with Crippen LogP contribution in [0.15, 0.2) is 0 Å². The fraction of sp³-hybridized carbons (Fsp3) is 0.818. The van der Waals surface area contributed by atoms with Crippen LogP contribution < -0.4 is 5.32 Å². The highest BCUT2D eigenvalue weighted by Gasteiger charge is 2.24. The second-order valence-corrected chi connectivity index (χ2v) is 6.97. The van der Waals surface area contributed by atoms with Crippen molar-refractivity contribution in [1.29, 1.82) is 0 Å². The molecule has 0 saturated heterocycles. The average Bonchev–Trinajstić information content (AvgIpc) is 2.25. The topological polar surface area (TPSA) is 89.5 Å². The number of hydrogen-bond donors (Lipinski definition) is 1. The highest BCUT2D eigenvalue weighted by atomic mass is 32.2. The van der Waals surface area contributed by atoms with E-state index in [4.69, 9.17) is 0 Å². The lowest BCUT2D eigenvalue weighted by Gasteiger charge is -2.12. The molecule has 0 bridgehead atoms. The Morgan fingerprint density at radius 3 is 2.22 bits per heavy atom. The first-order valence-electron chi connectivity index (χ1n) is 5.76. The molecule has 0 aliphatic carbocycles. The molecule has 18 heavy (non-hydrogen) atoms. The van der Waals surface area contributed by atoms with E-state index < -0.39 is 21.1 Å². The molecule has 1 amide bonds. The quantitative estimate of drug-likeness (QED) is 0.675. The molecular formula is C11H21NO5S. The van der Waals surface area contributed by atoms with Crippen molar-refractivity contribution in [2.45, 2.75) is 44.9 Å². The maximum Gasteiger partial charge on any atom is 0.306 e. The monoisotopic (exact) mass is 279 g/mol. The Labute approximate surface area is 108 Å². The van der Waals surface area contributed by atoms with Crippen molar-refractivity contribution in [3.8, 4) is 0 Å². The van der Waals surface area contributed by atoms with Gasteiger partial charge in [0.15, 0.2) is 9.84 Å². The number of ether oxygens (including phenoxy) is 1. The molecule has 0 saturated carbocycles. The highest BCUT2D eigenvalue weighted by Crippen LogP contribution is 2.09. The summed E-state index contributed by atoms with van der Waals surface area (Å²) in [6.07, 6.45) is -0.281. The van der Waals surface area contributed by atoms with E-state index in [1.165, 1.54) is 14.0 Å². The van der Waals surface area contributed by atoms with E-state index in [2.05, 4.69) is 10.1 Å². The van der Waals surface area contributed by atoms with Gasteiger partial charge in [-0.05, 0) is 20.8 Å². The summed E-state index contributed by atoms with van der Waals surface area (Å²) in [7, 11) is -2.25. The summed E-state index contributed by atoms with van der Waals surface area (Å²) < 4.78 is 28.0. The van der Waals surface area contributed by atoms with Crippen LogP contribution >= 0.6 is 0 Å². The van der Waals surface area contributed by atoms with E-state index >= 15 is 0 Å². The zero-order chi connectivity index (χ0) is 14.3. The third kappa shape index (κ3) is 6.58. The van der Waals surface area contributed by atoms with Gasteiger partial charge in [-0.3, -0.25) is 9.59 Å². The summed E-state index contributed by atoms with van der Waals surface area (Å²) in [6, 6.07) is -0.0207. The second kappa shape index (κ2) is 7.35. The van der Waals surface area contributed by atoms with Crippen LogP contribution in [0.1, 0.15) is 33.6 Å². The van der Waals surface area contributed by atoms with Crippen LogP contribution in [-0.4, -0.2) is 44.4 Å². The van der Waals surface area contributed by atoms with Gasteiger partial charge in [-0.1, -0.05) is 0 Å². The number of carbonyl (C=O) groups excluding carboxylic acids is 2. The van der Waals surface area contributed by atoms with E-state index in [1.807, 2.05) is 0 Å². The van der Waals surface area contributed by atoms with Gasteiger partial charge in [0.1, 0.15) is 0 Å². The Balaban J connectivity index is 4.31. The Kier molecular flexibility index (Phi) is 6.90. The maximum absolute atomic E-state index is 11.8. The third-order valence-corrected chi connectivity index (χ3v) is 4.52. The largest absolute Gasteiger partial charge is 0.469 e. The van der Waals surface area contributed by atoms with Crippen molar-refractivity contribution < 1.29 is 22.7 Å². The Morgan fingerprint density at radius 2 is 1.78 bits per heavy atom. The number of esters is 1. The zero-order valence-corrected chi connectivity index (χ0v) is 12.0. The summed E-state index contributed by atoms with van der Waals surface area (Å²) in [4.78, 5) is 22.3. The van der Waals surface area contributed by atoms with Crippen molar-refractivity contribution in [3.05, 3.63) is 0 Å². The van der Waals surface area contributed by atoms with E-state index in [-0.39, 0.29) is 30.5 Å². The van der Waals surface area contributed by atoms with Gasteiger partial charge in [-0.2, -0.15) is 0 Å². The molecular weight excluding hydrogens is 258 g/mol. The van der Waals surface area contributed by atoms with Crippen LogP contribution in [0.25, 0.3) is 0 Å². The maximum atomic E-state index is 11.8. The summed E-state index contributed by atoms with van der Waals surface area (Å²) in [5.41, 5.74) is 0. The number of carbonyl (C=O) groups is 2. The lowest BCUT2D eigenvalue weighted by molar-refractivity contribution is -0.140. The first-order valence-corrected chi connectivity index (χ1v) is 7.48. The molecule has 0 heterocycles. The Bertz CT molecular complexity index is 388. The van der Waals surface area contributed by atoms with Gasteiger partial charge in [-0.25, -0.2) is 8.42 Å². The fourth-order valence-corrected chi connectivity index (χ4v) is 2.54. The van der Waals surface area contributed by atoms with Crippen LogP contribution in [0.3, 0.4) is 0 Å². The van der Waals surface area contributed by atoms with Gasteiger partial charge >= 0.3 is 5.97 Å². The fourth-order valence-electron chi connectivity index (χ4n) is 1.28. The van der Waals surface area contributed by atoms with E-state index in [9.17, 15) is 18.0 Å². The van der Waals surface area contributed by atoms with Gasteiger partial charge in [0.05, 0.1) is 24.5 Å². The molecule has 1 unspecified atom stereocenters. The van der Waals surface area contributed by atoms with Gasteiger partial charge < -0.3 is 10.1 Å². The van der Waals surface area contributed by atoms with Gasteiger partial charge in [0.2, 0.25) is 5.91 Å². The predicted molar refractivity (Wildman–Crippen MR) is 67.8 cm³/mol. The molecule has 1 atom stereocenters. The first kappa shape index (κ1) is 16.9. The smallest absolute Gasteiger partial charge is 0.306 e. The molecule has 0 spiro atoms. The number of amides is 1. The zero-order valence-electron chi connectivity index (χ0n) is 11.2. The van der Waals surface area contributed by atoms with Crippen LogP contribution in [0.5, 0.6) is 0 Å². The van der Waals surface area contributed by atoms with Crippen LogP contribution in [-0.2, 0) is 24.2 Å². The number of hydrogen-bond acceptors (Lipinski definition) is 5. The van der Waals surface area contributed by atoms with Gasteiger partial charge in [-0.15, -0.1) is 0 Å². The number of rotatable bonds is 7. The molecule has 0 aromatic heterocycles. The molecule has 0 radical (unpaired) electrons. The second-order valence-electron chi connectivity index (χ2n) is 4.43. The first-order chi connectivity index (χ1) is 8.19. The molecule has 106 valence electrons. The minimum Gasteiger partial charge on any atom is -0.469 e. The normalized spacial score (nSPS) is 13.2. The molecule has 0 aromatic rings.